The molecule has 1 saturated carbocycles. The molecule has 0 bridgehead atoms. The number of urea groups is 1. The number of aliphatic hydroxyl groups excluding tert-OH is 1. The summed E-state index contributed by atoms with van der Waals surface area (Å²) in [5.74, 6) is 0.657. The molecule has 1 heterocycles. The summed E-state index contributed by atoms with van der Waals surface area (Å²) in [5.41, 5.74) is 0. The number of hydrogen-bond donors (Lipinski definition) is 2. The highest BCUT2D eigenvalue weighted by Gasteiger charge is 2.25. The molecule has 5 heteroatoms. The van der Waals surface area contributed by atoms with Crippen molar-refractivity contribution < 1.29 is 9.90 Å². The van der Waals surface area contributed by atoms with E-state index in [2.05, 4.69) is 29.8 Å². The Bertz CT molecular complexity index is 450. The molecule has 2 N–H and O–H groups in total. The Balaban J connectivity index is 1.69. The van der Waals surface area contributed by atoms with Gasteiger partial charge in [0.25, 0.3) is 0 Å². The number of hydrogen-bond acceptors (Lipinski definition) is 3. The van der Waals surface area contributed by atoms with E-state index >= 15 is 0 Å². The smallest absolute Gasteiger partial charge is 0.317 e. The second-order valence-corrected chi connectivity index (χ2v) is 7.60. The molecule has 4 nitrogen and oxygen atoms in total. The number of nitrogens with one attached hydrogen (secondary N) is 1. The Kier molecular flexibility index (Phi) is 6.70. The predicted octanol–water partition coefficient (Wildman–Crippen LogP) is 3.12. The maximum absolute atomic E-state index is 12.2. The fourth-order valence-corrected chi connectivity index (χ4v) is 3.95. The van der Waals surface area contributed by atoms with Crippen molar-refractivity contribution in [1.82, 2.24) is 10.2 Å². The van der Waals surface area contributed by atoms with Gasteiger partial charge in [0.15, 0.2) is 0 Å². The van der Waals surface area contributed by atoms with Crippen molar-refractivity contribution in [3.8, 4) is 0 Å². The van der Waals surface area contributed by atoms with Crippen LogP contribution in [0.25, 0.3) is 0 Å². The van der Waals surface area contributed by atoms with Crippen LogP contribution in [-0.2, 0) is 6.42 Å². The Morgan fingerprint density at radius 1 is 1.50 bits per heavy atom. The molecule has 0 aromatic carbocycles. The molecule has 124 valence electrons. The lowest BCUT2D eigenvalue weighted by Crippen LogP contribution is -2.44. The van der Waals surface area contributed by atoms with E-state index in [4.69, 9.17) is 0 Å². The summed E-state index contributed by atoms with van der Waals surface area (Å²) < 4.78 is 0. The van der Waals surface area contributed by atoms with Gasteiger partial charge in [0.05, 0.1) is 6.10 Å². The first-order valence-electron chi connectivity index (χ1n) is 8.25. The standard InChI is InChI=1S/C17H28N2O2S/c1-13(10-15-7-5-9-22-15)11-18-17(21)19(2)12-14-6-3-4-8-16(14)20/h5,7,9,13-14,16,20H,3-4,6,8,10-12H2,1-2H3,(H,18,21). The maximum atomic E-state index is 12.2. The van der Waals surface area contributed by atoms with Crippen LogP contribution in [0, 0.1) is 11.8 Å². The Morgan fingerprint density at radius 2 is 2.27 bits per heavy atom. The second-order valence-electron chi connectivity index (χ2n) is 6.57. The van der Waals surface area contributed by atoms with E-state index in [1.807, 2.05) is 7.05 Å². The molecule has 3 unspecified atom stereocenters. The number of rotatable bonds is 6. The van der Waals surface area contributed by atoms with Gasteiger partial charge in [-0.25, -0.2) is 4.79 Å². The number of carbonyl (C=O) groups excluding carboxylic acids is 1. The summed E-state index contributed by atoms with van der Waals surface area (Å²) in [6, 6.07) is 4.17. The molecule has 1 aliphatic carbocycles. The molecule has 1 fully saturated rings. The van der Waals surface area contributed by atoms with Gasteiger partial charge in [-0.05, 0) is 36.6 Å². The normalized spacial score (nSPS) is 23.0. The predicted molar refractivity (Wildman–Crippen MR) is 91.2 cm³/mol. The van der Waals surface area contributed by atoms with Crippen LogP contribution in [0.2, 0.25) is 0 Å². The molecule has 0 aliphatic heterocycles. The topological polar surface area (TPSA) is 52.6 Å². The summed E-state index contributed by atoms with van der Waals surface area (Å²) in [7, 11) is 1.82. The quantitative estimate of drug-likeness (QED) is 0.845. The van der Waals surface area contributed by atoms with E-state index in [0.717, 1.165) is 32.1 Å². The minimum Gasteiger partial charge on any atom is -0.393 e. The molecule has 2 rings (SSSR count). The molecule has 3 atom stereocenters. The van der Waals surface area contributed by atoms with E-state index < -0.39 is 0 Å². The van der Waals surface area contributed by atoms with Crippen molar-refractivity contribution in [2.75, 3.05) is 20.1 Å². The van der Waals surface area contributed by atoms with Crippen LogP contribution < -0.4 is 5.32 Å². The van der Waals surface area contributed by atoms with Crippen LogP contribution in [-0.4, -0.2) is 42.3 Å². The first kappa shape index (κ1) is 17.3. The summed E-state index contributed by atoms with van der Waals surface area (Å²) in [5, 5.41) is 15.1. The van der Waals surface area contributed by atoms with Gasteiger partial charge < -0.3 is 15.3 Å². The van der Waals surface area contributed by atoms with Crippen LogP contribution in [0.5, 0.6) is 0 Å². The highest BCUT2D eigenvalue weighted by Crippen LogP contribution is 2.24. The highest BCUT2D eigenvalue weighted by atomic mass is 32.1. The molecule has 1 aliphatic rings. The molecular formula is C17H28N2O2S. The van der Waals surface area contributed by atoms with Gasteiger partial charge in [0, 0.05) is 30.9 Å². The summed E-state index contributed by atoms with van der Waals surface area (Å²) >= 11 is 1.76. The van der Waals surface area contributed by atoms with E-state index in [1.165, 1.54) is 4.88 Å². The van der Waals surface area contributed by atoms with Gasteiger partial charge >= 0.3 is 6.03 Å². The maximum Gasteiger partial charge on any atom is 0.317 e. The van der Waals surface area contributed by atoms with Crippen molar-refractivity contribution in [1.29, 1.82) is 0 Å². The van der Waals surface area contributed by atoms with E-state index in [9.17, 15) is 9.90 Å². The van der Waals surface area contributed by atoms with Gasteiger partial charge in [-0.15, -0.1) is 11.3 Å². The number of nitrogens with zero attached hydrogens (tertiary/aromatic N) is 1. The molecule has 0 spiro atoms. The molecule has 22 heavy (non-hydrogen) atoms. The zero-order valence-corrected chi connectivity index (χ0v) is 14.4. The number of thiophene rings is 1. The minimum absolute atomic E-state index is 0.0317. The molecule has 1 aromatic rings. The second kappa shape index (κ2) is 8.53. The summed E-state index contributed by atoms with van der Waals surface area (Å²) in [6.45, 7) is 3.49. The van der Waals surface area contributed by atoms with Crippen molar-refractivity contribution in [3.63, 3.8) is 0 Å². The van der Waals surface area contributed by atoms with Crippen molar-refractivity contribution >= 4 is 17.4 Å². The van der Waals surface area contributed by atoms with Crippen molar-refractivity contribution in [2.45, 2.75) is 45.1 Å². The van der Waals surface area contributed by atoms with Crippen LogP contribution in [0.15, 0.2) is 17.5 Å². The largest absolute Gasteiger partial charge is 0.393 e. The fraction of sp³-hybridized carbons (Fsp3) is 0.706. The molecule has 0 radical (unpaired) electrons. The van der Waals surface area contributed by atoms with E-state index in [0.29, 0.717) is 19.0 Å². The van der Waals surface area contributed by atoms with E-state index in [1.54, 1.807) is 16.2 Å². The first-order valence-corrected chi connectivity index (χ1v) is 9.13. The summed E-state index contributed by atoms with van der Waals surface area (Å²) in [6.07, 6.45) is 4.92. The Morgan fingerprint density at radius 3 is 2.95 bits per heavy atom. The summed E-state index contributed by atoms with van der Waals surface area (Å²) in [4.78, 5) is 15.2. The van der Waals surface area contributed by atoms with Crippen molar-refractivity contribution in [3.05, 3.63) is 22.4 Å². The number of amides is 2. The Labute approximate surface area is 137 Å². The number of carbonyl (C=O) groups is 1. The van der Waals surface area contributed by atoms with Gasteiger partial charge in [-0.3, -0.25) is 0 Å². The molecular weight excluding hydrogens is 296 g/mol. The SMILES string of the molecule is CC(CNC(=O)N(C)CC1CCCCC1O)Cc1cccs1. The highest BCUT2D eigenvalue weighted by molar-refractivity contribution is 7.09. The monoisotopic (exact) mass is 324 g/mol. The zero-order valence-electron chi connectivity index (χ0n) is 13.6. The average Bonchev–Trinajstić information content (AvgIpc) is 3.00. The zero-order chi connectivity index (χ0) is 15.9. The molecule has 2 amide bonds. The van der Waals surface area contributed by atoms with Gasteiger partial charge in [-0.1, -0.05) is 25.8 Å². The van der Waals surface area contributed by atoms with Gasteiger partial charge in [0.2, 0.25) is 0 Å². The molecule has 0 saturated heterocycles. The lowest BCUT2D eigenvalue weighted by atomic mass is 9.86. The minimum atomic E-state index is -0.248. The fourth-order valence-electron chi connectivity index (χ4n) is 3.08. The van der Waals surface area contributed by atoms with Crippen LogP contribution >= 0.6 is 11.3 Å². The lowest BCUT2D eigenvalue weighted by Gasteiger charge is -2.31. The van der Waals surface area contributed by atoms with Crippen LogP contribution in [0.3, 0.4) is 0 Å². The third-order valence-corrected chi connectivity index (χ3v) is 5.35. The van der Waals surface area contributed by atoms with Crippen LogP contribution in [0.1, 0.15) is 37.5 Å². The Hall–Kier alpha value is -1.07. The number of aliphatic hydroxyl groups is 1. The van der Waals surface area contributed by atoms with Gasteiger partial charge in [-0.2, -0.15) is 0 Å². The van der Waals surface area contributed by atoms with Gasteiger partial charge in [0.1, 0.15) is 0 Å². The van der Waals surface area contributed by atoms with Crippen molar-refractivity contribution in [2.24, 2.45) is 11.8 Å². The van der Waals surface area contributed by atoms with Crippen LogP contribution in [0.4, 0.5) is 4.79 Å². The first-order chi connectivity index (χ1) is 10.6. The molecule has 1 aromatic heterocycles. The lowest BCUT2D eigenvalue weighted by molar-refractivity contribution is 0.0564. The third kappa shape index (κ3) is 5.29. The average molecular weight is 324 g/mol. The third-order valence-electron chi connectivity index (χ3n) is 4.46. The van der Waals surface area contributed by atoms with E-state index in [-0.39, 0.29) is 18.1 Å².